The third-order valence-corrected chi connectivity index (χ3v) is 4.42. The summed E-state index contributed by atoms with van der Waals surface area (Å²) in [6, 6.07) is 6.88. The molecule has 1 unspecified atom stereocenters. The lowest BCUT2D eigenvalue weighted by atomic mass is 9.81. The summed E-state index contributed by atoms with van der Waals surface area (Å²) in [6.07, 6.45) is 1.86. The molecule has 1 atom stereocenters. The molecule has 106 valence electrons. The van der Waals surface area contributed by atoms with E-state index in [1.807, 2.05) is 14.2 Å². The van der Waals surface area contributed by atoms with Crippen LogP contribution in [0.5, 0.6) is 0 Å². The van der Waals surface area contributed by atoms with Crippen LogP contribution in [0, 0.1) is 13.8 Å². The molecule has 0 spiro atoms. The molecule has 1 saturated heterocycles. The Morgan fingerprint density at radius 1 is 1.21 bits per heavy atom. The first kappa shape index (κ1) is 14.5. The number of ether oxygens (including phenoxy) is 2. The number of nitrogens with one attached hydrogen (secondary N) is 1. The molecule has 0 aliphatic carbocycles. The van der Waals surface area contributed by atoms with Crippen LogP contribution in [0.1, 0.15) is 35.6 Å². The van der Waals surface area contributed by atoms with E-state index in [1.54, 1.807) is 0 Å². The molecular formula is C16H25NO2. The fraction of sp³-hybridized carbons (Fsp3) is 0.625. The predicted octanol–water partition coefficient (Wildman–Crippen LogP) is 2.76. The zero-order chi connectivity index (χ0) is 13.9. The summed E-state index contributed by atoms with van der Waals surface area (Å²) in [6.45, 7) is 5.86. The van der Waals surface area contributed by atoms with Crippen LogP contribution in [-0.4, -0.2) is 33.0 Å². The van der Waals surface area contributed by atoms with Gasteiger partial charge in [0.1, 0.15) is 0 Å². The minimum absolute atomic E-state index is 0.158. The Kier molecular flexibility index (Phi) is 4.61. The lowest BCUT2D eigenvalue weighted by Gasteiger charge is -2.42. The second-order valence-corrected chi connectivity index (χ2v) is 5.45. The van der Waals surface area contributed by atoms with Crippen LogP contribution < -0.4 is 5.32 Å². The summed E-state index contributed by atoms with van der Waals surface area (Å²) < 4.78 is 11.4. The van der Waals surface area contributed by atoms with Crippen molar-refractivity contribution in [2.45, 2.75) is 38.3 Å². The molecule has 19 heavy (non-hydrogen) atoms. The molecule has 1 fully saturated rings. The standard InChI is InChI=1S/C16H25NO2/c1-12-5-6-14(11-13(12)2)15(17-3)16(18-4)7-9-19-10-8-16/h5-6,11,15,17H,7-10H2,1-4H3. The van der Waals surface area contributed by atoms with Gasteiger partial charge >= 0.3 is 0 Å². The first-order chi connectivity index (χ1) is 9.13. The minimum atomic E-state index is -0.158. The van der Waals surface area contributed by atoms with Crippen molar-refractivity contribution >= 4 is 0 Å². The highest BCUT2D eigenvalue weighted by Gasteiger charge is 2.40. The summed E-state index contributed by atoms with van der Waals surface area (Å²) in [5, 5.41) is 3.45. The Morgan fingerprint density at radius 2 is 1.89 bits per heavy atom. The average molecular weight is 263 g/mol. The van der Waals surface area contributed by atoms with E-state index < -0.39 is 0 Å². The number of hydrogen-bond acceptors (Lipinski definition) is 3. The van der Waals surface area contributed by atoms with Crippen LogP contribution in [-0.2, 0) is 9.47 Å². The highest BCUT2D eigenvalue weighted by atomic mass is 16.5. The summed E-state index contributed by atoms with van der Waals surface area (Å²) in [5.74, 6) is 0. The molecule has 0 aromatic heterocycles. The Balaban J connectivity index is 2.33. The highest BCUT2D eigenvalue weighted by Crippen LogP contribution is 2.37. The van der Waals surface area contributed by atoms with Crippen molar-refractivity contribution in [3.05, 3.63) is 34.9 Å². The van der Waals surface area contributed by atoms with Gasteiger partial charge in [-0.3, -0.25) is 0 Å². The molecule has 0 amide bonds. The molecule has 1 aliphatic heterocycles. The quantitative estimate of drug-likeness (QED) is 0.906. The molecule has 3 nitrogen and oxygen atoms in total. The molecule has 0 bridgehead atoms. The second kappa shape index (κ2) is 6.04. The van der Waals surface area contributed by atoms with E-state index in [2.05, 4.69) is 37.4 Å². The van der Waals surface area contributed by atoms with Gasteiger partial charge in [-0.1, -0.05) is 18.2 Å². The van der Waals surface area contributed by atoms with Gasteiger partial charge in [0, 0.05) is 33.2 Å². The van der Waals surface area contributed by atoms with Gasteiger partial charge in [-0.25, -0.2) is 0 Å². The van der Waals surface area contributed by atoms with Gasteiger partial charge in [0.05, 0.1) is 11.6 Å². The fourth-order valence-electron chi connectivity index (χ4n) is 3.01. The van der Waals surface area contributed by atoms with E-state index >= 15 is 0 Å². The summed E-state index contributed by atoms with van der Waals surface area (Å²) >= 11 is 0. The maximum atomic E-state index is 5.91. The maximum absolute atomic E-state index is 5.91. The van der Waals surface area contributed by atoms with Crippen molar-refractivity contribution in [2.75, 3.05) is 27.4 Å². The van der Waals surface area contributed by atoms with Crippen LogP contribution in [0.2, 0.25) is 0 Å². The first-order valence-corrected chi connectivity index (χ1v) is 7.00. The first-order valence-electron chi connectivity index (χ1n) is 7.00. The van der Waals surface area contributed by atoms with Crippen LogP contribution in [0.4, 0.5) is 0 Å². The molecule has 0 radical (unpaired) electrons. The maximum Gasteiger partial charge on any atom is 0.0916 e. The van der Waals surface area contributed by atoms with Crippen molar-refractivity contribution < 1.29 is 9.47 Å². The highest BCUT2D eigenvalue weighted by molar-refractivity contribution is 5.33. The van der Waals surface area contributed by atoms with E-state index in [0.717, 1.165) is 26.1 Å². The minimum Gasteiger partial charge on any atom is -0.381 e. The Hall–Kier alpha value is -0.900. The van der Waals surface area contributed by atoms with E-state index in [0.29, 0.717) is 0 Å². The third-order valence-electron chi connectivity index (χ3n) is 4.42. The SMILES string of the molecule is CNC(c1ccc(C)c(C)c1)C1(OC)CCOCC1. The third kappa shape index (κ3) is 2.83. The monoisotopic (exact) mass is 263 g/mol. The van der Waals surface area contributed by atoms with Crippen molar-refractivity contribution in [1.82, 2.24) is 5.32 Å². The van der Waals surface area contributed by atoms with Crippen molar-refractivity contribution in [2.24, 2.45) is 0 Å². The average Bonchev–Trinajstić information content (AvgIpc) is 2.44. The number of likely N-dealkylation sites (N-methyl/N-ethyl adjacent to an activating group) is 1. The molecule has 2 rings (SSSR count). The van der Waals surface area contributed by atoms with Crippen molar-refractivity contribution in [3.63, 3.8) is 0 Å². The Labute approximate surface area is 116 Å². The van der Waals surface area contributed by atoms with E-state index in [9.17, 15) is 0 Å². The molecule has 1 aliphatic rings. The number of benzene rings is 1. The number of hydrogen-bond donors (Lipinski definition) is 1. The number of methoxy groups -OCH3 is 1. The van der Waals surface area contributed by atoms with Gasteiger partial charge in [-0.05, 0) is 37.6 Å². The largest absolute Gasteiger partial charge is 0.381 e. The summed E-state index contributed by atoms with van der Waals surface area (Å²) in [7, 11) is 3.83. The van der Waals surface area contributed by atoms with Crippen LogP contribution in [0.3, 0.4) is 0 Å². The zero-order valence-electron chi connectivity index (χ0n) is 12.5. The van der Waals surface area contributed by atoms with E-state index in [1.165, 1.54) is 16.7 Å². The normalized spacial score (nSPS) is 20.2. The smallest absolute Gasteiger partial charge is 0.0916 e. The topological polar surface area (TPSA) is 30.5 Å². The Morgan fingerprint density at radius 3 is 2.42 bits per heavy atom. The zero-order valence-corrected chi connectivity index (χ0v) is 12.5. The van der Waals surface area contributed by atoms with Crippen molar-refractivity contribution in [3.8, 4) is 0 Å². The van der Waals surface area contributed by atoms with Gasteiger partial charge < -0.3 is 14.8 Å². The number of rotatable bonds is 4. The molecule has 1 aromatic rings. The molecule has 1 N–H and O–H groups in total. The van der Waals surface area contributed by atoms with Crippen LogP contribution >= 0.6 is 0 Å². The number of aryl methyl sites for hydroxylation is 2. The van der Waals surface area contributed by atoms with Gasteiger partial charge in [-0.15, -0.1) is 0 Å². The van der Waals surface area contributed by atoms with Crippen LogP contribution in [0.25, 0.3) is 0 Å². The van der Waals surface area contributed by atoms with E-state index in [-0.39, 0.29) is 11.6 Å². The van der Waals surface area contributed by atoms with Gasteiger partial charge in [0.25, 0.3) is 0 Å². The van der Waals surface area contributed by atoms with Crippen LogP contribution in [0.15, 0.2) is 18.2 Å². The summed E-state index contributed by atoms with van der Waals surface area (Å²) in [5.41, 5.74) is 3.80. The van der Waals surface area contributed by atoms with E-state index in [4.69, 9.17) is 9.47 Å². The summed E-state index contributed by atoms with van der Waals surface area (Å²) in [4.78, 5) is 0. The lowest BCUT2D eigenvalue weighted by molar-refractivity contribution is -0.110. The Bertz CT molecular complexity index is 425. The molecular weight excluding hydrogens is 238 g/mol. The van der Waals surface area contributed by atoms with Gasteiger partial charge in [0.15, 0.2) is 0 Å². The molecule has 1 aromatic carbocycles. The molecule has 3 heteroatoms. The van der Waals surface area contributed by atoms with Gasteiger partial charge in [-0.2, -0.15) is 0 Å². The molecule has 0 saturated carbocycles. The van der Waals surface area contributed by atoms with Gasteiger partial charge in [0.2, 0.25) is 0 Å². The second-order valence-electron chi connectivity index (χ2n) is 5.45. The van der Waals surface area contributed by atoms with Crippen molar-refractivity contribution in [1.29, 1.82) is 0 Å². The molecule has 1 heterocycles. The fourth-order valence-corrected chi connectivity index (χ4v) is 3.01. The predicted molar refractivity (Wildman–Crippen MR) is 77.5 cm³/mol. The lowest BCUT2D eigenvalue weighted by Crippen LogP contribution is -2.48.